The second kappa shape index (κ2) is 2.53. The van der Waals surface area contributed by atoms with E-state index < -0.39 is 0 Å². The van der Waals surface area contributed by atoms with Gasteiger partial charge < -0.3 is 4.57 Å². The molecule has 2 rings (SSSR count). The molecule has 11 heavy (non-hydrogen) atoms. The van der Waals surface area contributed by atoms with Crippen LogP contribution in [0.25, 0.3) is 0 Å². The lowest BCUT2D eigenvalue weighted by Gasteiger charge is -2.27. The Morgan fingerprint density at radius 3 is 2.91 bits per heavy atom. The summed E-state index contributed by atoms with van der Waals surface area (Å²) < 4.78 is 2.08. The number of rotatable bonds is 2. The van der Waals surface area contributed by atoms with Crippen LogP contribution in [0.2, 0.25) is 0 Å². The Labute approximate surface area is 65.8 Å². The first-order valence-electron chi connectivity index (χ1n) is 4.04. The van der Waals surface area contributed by atoms with Crippen molar-refractivity contribution in [3.05, 3.63) is 24.0 Å². The number of aldehydes is 1. The lowest BCUT2D eigenvalue weighted by molar-refractivity contribution is 0.111. The van der Waals surface area contributed by atoms with Crippen LogP contribution in [0.15, 0.2) is 18.3 Å². The molecule has 1 saturated carbocycles. The number of nitrogens with zero attached hydrogens (tertiary/aromatic N) is 1. The van der Waals surface area contributed by atoms with Crippen molar-refractivity contribution < 1.29 is 4.79 Å². The van der Waals surface area contributed by atoms with Crippen molar-refractivity contribution in [2.75, 3.05) is 0 Å². The van der Waals surface area contributed by atoms with Gasteiger partial charge in [-0.05, 0) is 31.4 Å². The molecule has 0 spiro atoms. The molecular formula is C9H11NO. The van der Waals surface area contributed by atoms with Crippen molar-refractivity contribution in [3.8, 4) is 0 Å². The van der Waals surface area contributed by atoms with Gasteiger partial charge in [-0.2, -0.15) is 0 Å². The van der Waals surface area contributed by atoms with Gasteiger partial charge in [0, 0.05) is 12.2 Å². The molecule has 1 aromatic heterocycles. The van der Waals surface area contributed by atoms with E-state index >= 15 is 0 Å². The second-order valence-corrected chi connectivity index (χ2v) is 3.04. The summed E-state index contributed by atoms with van der Waals surface area (Å²) in [6.45, 7) is 0. The van der Waals surface area contributed by atoms with Gasteiger partial charge in [-0.1, -0.05) is 0 Å². The van der Waals surface area contributed by atoms with E-state index in [0.29, 0.717) is 6.04 Å². The predicted octanol–water partition coefficient (Wildman–Crippen LogP) is 2.03. The number of hydrogen-bond acceptors (Lipinski definition) is 1. The van der Waals surface area contributed by atoms with Gasteiger partial charge in [0.15, 0.2) is 6.29 Å². The fraction of sp³-hybridized carbons (Fsp3) is 0.444. The highest BCUT2D eigenvalue weighted by Gasteiger charge is 2.19. The highest BCUT2D eigenvalue weighted by Crippen LogP contribution is 2.32. The highest BCUT2D eigenvalue weighted by atomic mass is 16.1. The number of hydrogen-bond donors (Lipinski definition) is 0. The van der Waals surface area contributed by atoms with Crippen LogP contribution in [0.3, 0.4) is 0 Å². The quantitative estimate of drug-likeness (QED) is 0.590. The molecule has 1 aromatic rings. The van der Waals surface area contributed by atoms with Crippen LogP contribution in [0.5, 0.6) is 0 Å². The van der Waals surface area contributed by atoms with Crippen molar-refractivity contribution in [2.24, 2.45) is 0 Å². The Morgan fingerprint density at radius 1 is 1.55 bits per heavy atom. The monoisotopic (exact) mass is 149 g/mol. The molecule has 1 aliphatic carbocycles. The molecule has 0 bridgehead atoms. The smallest absolute Gasteiger partial charge is 0.166 e. The summed E-state index contributed by atoms with van der Waals surface area (Å²) in [7, 11) is 0. The summed E-state index contributed by atoms with van der Waals surface area (Å²) in [5.41, 5.74) is 0.815. The Kier molecular flexibility index (Phi) is 1.53. The largest absolute Gasteiger partial charge is 0.342 e. The summed E-state index contributed by atoms with van der Waals surface area (Å²) in [4.78, 5) is 10.5. The third kappa shape index (κ3) is 0.985. The van der Waals surface area contributed by atoms with E-state index in [-0.39, 0.29) is 0 Å². The average Bonchev–Trinajstić information content (AvgIpc) is 2.32. The zero-order chi connectivity index (χ0) is 7.68. The van der Waals surface area contributed by atoms with Crippen LogP contribution in [-0.2, 0) is 0 Å². The normalized spacial score (nSPS) is 17.8. The van der Waals surface area contributed by atoms with E-state index in [0.717, 1.165) is 12.0 Å². The Morgan fingerprint density at radius 2 is 2.36 bits per heavy atom. The highest BCUT2D eigenvalue weighted by molar-refractivity contribution is 5.72. The number of aromatic nitrogens is 1. The van der Waals surface area contributed by atoms with E-state index in [1.165, 1.54) is 19.3 Å². The van der Waals surface area contributed by atoms with Crippen molar-refractivity contribution in [1.82, 2.24) is 4.57 Å². The topological polar surface area (TPSA) is 22.0 Å². The van der Waals surface area contributed by atoms with E-state index in [9.17, 15) is 4.79 Å². The summed E-state index contributed by atoms with van der Waals surface area (Å²) in [5.74, 6) is 0. The van der Waals surface area contributed by atoms with Crippen molar-refractivity contribution in [2.45, 2.75) is 25.3 Å². The Bertz CT molecular complexity index is 260. The molecule has 0 radical (unpaired) electrons. The van der Waals surface area contributed by atoms with Gasteiger partial charge in [-0.3, -0.25) is 4.79 Å². The molecular weight excluding hydrogens is 138 g/mol. The van der Waals surface area contributed by atoms with Gasteiger partial charge in [-0.15, -0.1) is 0 Å². The van der Waals surface area contributed by atoms with Crippen LogP contribution in [0.1, 0.15) is 35.8 Å². The Hall–Kier alpha value is -1.05. The fourth-order valence-corrected chi connectivity index (χ4v) is 1.50. The van der Waals surface area contributed by atoms with Gasteiger partial charge in [0.1, 0.15) is 0 Å². The fourth-order valence-electron chi connectivity index (χ4n) is 1.50. The lowest BCUT2D eigenvalue weighted by atomic mass is 9.93. The summed E-state index contributed by atoms with van der Waals surface area (Å²) in [5, 5.41) is 0. The molecule has 0 atom stereocenters. The van der Waals surface area contributed by atoms with Crippen LogP contribution in [0.4, 0.5) is 0 Å². The summed E-state index contributed by atoms with van der Waals surface area (Å²) in [6.07, 6.45) is 6.69. The van der Waals surface area contributed by atoms with Crippen LogP contribution in [0, 0.1) is 0 Å². The minimum atomic E-state index is 0.602. The van der Waals surface area contributed by atoms with Crippen LogP contribution >= 0.6 is 0 Å². The lowest BCUT2D eigenvalue weighted by Crippen LogP contribution is -2.17. The first-order valence-corrected chi connectivity index (χ1v) is 4.04. The van der Waals surface area contributed by atoms with E-state index in [2.05, 4.69) is 4.57 Å². The molecule has 2 nitrogen and oxygen atoms in total. The first-order chi connectivity index (χ1) is 5.42. The van der Waals surface area contributed by atoms with Gasteiger partial charge in [-0.25, -0.2) is 0 Å². The zero-order valence-corrected chi connectivity index (χ0v) is 6.36. The SMILES string of the molecule is O=Cc1cccn1C1CCC1. The van der Waals surface area contributed by atoms with Gasteiger partial charge in [0.25, 0.3) is 0 Å². The molecule has 0 aliphatic heterocycles. The average molecular weight is 149 g/mol. The zero-order valence-electron chi connectivity index (χ0n) is 6.36. The molecule has 58 valence electrons. The summed E-state index contributed by atoms with van der Waals surface area (Å²) >= 11 is 0. The molecule has 1 heterocycles. The molecule has 0 saturated heterocycles. The molecule has 0 amide bonds. The van der Waals surface area contributed by atoms with Gasteiger partial charge in [0.05, 0.1) is 5.69 Å². The van der Waals surface area contributed by atoms with Crippen LogP contribution in [-0.4, -0.2) is 10.9 Å². The maximum absolute atomic E-state index is 10.5. The molecule has 0 N–H and O–H groups in total. The standard InChI is InChI=1S/C9H11NO/c11-7-9-5-2-6-10(9)8-3-1-4-8/h2,5-8H,1,3-4H2. The minimum absolute atomic E-state index is 0.602. The van der Waals surface area contributed by atoms with Gasteiger partial charge >= 0.3 is 0 Å². The number of carbonyl (C=O) groups excluding carboxylic acids is 1. The first kappa shape index (κ1) is 6.65. The van der Waals surface area contributed by atoms with Crippen molar-refractivity contribution in [3.63, 3.8) is 0 Å². The molecule has 0 unspecified atom stereocenters. The maximum Gasteiger partial charge on any atom is 0.166 e. The molecule has 0 aromatic carbocycles. The third-order valence-corrected chi connectivity index (χ3v) is 2.40. The van der Waals surface area contributed by atoms with Crippen molar-refractivity contribution >= 4 is 6.29 Å². The second-order valence-electron chi connectivity index (χ2n) is 3.04. The van der Waals surface area contributed by atoms with Crippen LogP contribution < -0.4 is 0 Å². The van der Waals surface area contributed by atoms with E-state index in [1.54, 1.807) is 0 Å². The molecule has 1 aliphatic rings. The maximum atomic E-state index is 10.5. The molecule has 2 heteroatoms. The molecule has 1 fully saturated rings. The third-order valence-electron chi connectivity index (χ3n) is 2.40. The minimum Gasteiger partial charge on any atom is -0.342 e. The number of carbonyl (C=O) groups is 1. The van der Waals surface area contributed by atoms with Gasteiger partial charge in [0.2, 0.25) is 0 Å². The Balaban J connectivity index is 2.27. The van der Waals surface area contributed by atoms with Crippen molar-refractivity contribution in [1.29, 1.82) is 0 Å². The van der Waals surface area contributed by atoms with E-state index in [4.69, 9.17) is 0 Å². The van der Waals surface area contributed by atoms with E-state index in [1.807, 2.05) is 18.3 Å². The summed E-state index contributed by atoms with van der Waals surface area (Å²) in [6, 6.07) is 4.40. The predicted molar refractivity (Wildman–Crippen MR) is 42.7 cm³/mol.